The highest BCUT2D eigenvalue weighted by Gasteiger charge is 1.87. The van der Waals surface area contributed by atoms with Crippen molar-refractivity contribution in [3.05, 3.63) is 12.2 Å². The van der Waals surface area contributed by atoms with Gasteiger partial charge in [-0.3, -0.25) is 0 Å². The van der Waals surface area contributed by atoms with Crippen molar-refractivity contribution in [1.82, 2.24) is 0 Å². The van der Waals surface area contributed by atoms with Crippen molar-refractivity contribution in [3.8, 4) is 0 Å². The summed E-state index contributed by atoms with van der Waals surface area (Å²) < 4.78 is 5.09. The summed E-state index contributed by atoms with van der Waals surface area (Å²) in [6.07, 6.45) is 2.25. The van der Waals surface area contributed by atoms with Crippen molar-refractivity contribution in [1.29, 1.82) is 0 Å². The van der Waals surface area contributed by atoms with E-state index in [1.54, 1.807) is 0 Å². The molecule has 0 saturated heterocycles. The monoisotopic (exact) mass is 142 g/mol. The molecule has 0 aromatic heterocycles. The van der Waals surface area contributed by atoms with Crippen LogP contribution in [0.3, 0.4) is 0 Å². The van der Waals surface area contributed by atoms with Gasteiger partial charge in [-0.1, -0.05) is 5.57 Å². The van der Waals surface area contributed by atoms with Crippen LogP contribution in [0.1, 0.15) is 19.8 Å². The summed E-state index contributed by atoms with van der Waals surface area (Å²) in [4.78, 5) is 9.80. The van der Waals surface area contributed by atoms with E-state index in [1.165, 1.54) is 0 Å². The molecule has 0 heterocycles. The van der Waals surface area contributed by atoms with Crippen LogP contribution in [0, 0.1) is 0 Å². The van der Waals surface area contributed by atoms with Crippen molar-refractivity contribution in [2.24, 2.45) is 0 Å². The number of carbonyl (C=O) groups excluding carboxylic acids is 1. The molecule has 58 valence electrons. The van der Waals surface area contributed by atoms with Crippen LogP contribution in [0.15, 0.2) is 12.2 Å². The second-order valence-corrected chi connectivity index (χ2v) is 2.27. The zero-order valence-corrected chi connectivity index (χ0v) is 6.43. The molecule has 0 unspecified atom stereocenters. The highest BCUT2D eigenvalue weighted by molar-refractivity contribution is 5.49. The third-order valence-electron chi connectivity index (χ3n) is 1.05. The van der Waals surface area contributed by atoms with Gasteiger partial charge in [-0.05, 0) is 13.3 Å². The van der Waals surface area contributed by atoms with Crippen molar-refractivity contribution < 1.29 is 9.53 Å². The lowest BCUT2D eigenvalue weighted by Gasteiger charge is -1.99. The molecule has 0 saturated carbocycles. The maximum absolute atomic E-state index is 9.80. The Kier molecular flexibility index (Phi) is 6.08. The van der Waals surface area contributed by atoms with Gasteiger partial charge in [0, 0.05) is 6.42 Å². The van der Waals surface area contributed by atoms with Gasteiger partial charge in [0.05, 0.1) is 13.2 Å². The Labute approximate surface area is 61.9 Å². The fourth-order valence-electron chi connectivity index (χ4n) is 0.480. The highest BCUT2D eigenvalue weighted by atomic mass is 16.5. The number of hydrogen-bond acceptors (Lipinski definition) is 2. The van der Waals surface area contributed by atoms with Gasteiger partial charge in [-0.2, -0.15) is 0 Å². The van der Waals surface area contributed by atoms with Gasteiger partial charge < -0.3 is 9.53 Å². The molecule has 0 aliphatic carbocycles. The Bertz CT molecular complexity index is 108. The molecule has 0 radical (unpaired) electrons. The first-order valence-corrected chi connectivity index (χ1v) is 3.43. The third kappa shape index (κ3) is 7.37. The molecule has 0 aliphatic heterocycles. The summed E-state index contributed by atoms with van der Waals surface area (Å²) in [5.41, 5.74) is 1.12. The Morgan fingerprint density at radius 1 is 1.60 bits per heavy atom. The Morgan fingerprint density at radius 2 is 2.30 bits per heavy atom. The van der Waals surface area contributed by atoms with Crippen molar-refractivity contribution in [2.45, 2.75) is 19.8 Å². The van der Waals surface area contributed by atoms with Crippen LogP contribution in [0.5, 0.6) is 0 Å². The van der Waals surface area contributed by atoms with Crippen LogP contribution < -0.4 is 0 Å². The number of hydrogen-bond donors (Lipinski definition) is 0. The Balaban J connectivity index is 2.90. The van der Waals surface area contributed by atoms with Crippen molar-refractivity contribution >= 4 is 6.29 Å². The molecule has 0 aromatic rings. The maximum Gasteiger partial charge on any atom is 0.122 e. The van der Waals surface area contributed by atoms with Crippen LogP contribution in [-0.4, -0.2) is 19.5 Å². The van der Waals surface area contributed by atoms with Crippen molar-refractivity contribution in [3.63, 3.8) is 0 Å². The summed E-state index contributed by atoms with van der Waals surface area (Å²) in [6.45, 7) is 6.91. The molecule has 0 atom stereocenters. The van der Waals surface area contributed by atoms with E-state index in [0.29, 0.717) is 19.6 Å². The molecule has 0 N–H and O–H groups in total. The number of ether oxygens (including phenoxy) is 1. The van der Waals surface area contributed by atoms with E-state index in [2.05, 4.69) is 6.58 Å². The minimum absolute atomic E-state index is 0.496. The summed E-state index contributed by atoms with van der Waals surface area (Å²) in [7, 11) is 0. The molecule has 0 aliphatic rings. The van der Waals surface area contributed by atoms with Gasteiger partial charge in [0.2, 0.25) is 0 Å². The summed E-state index contributed by atoms with van der Waals surface area (Å²) >= 11 is 0. The van der Waals surface area contributed by atoms with Gasteiger partial charge in [0.1, 0.15) is 6.29 Å². The minimum atomic E-state index is 0.496. The van der Waals surface area contributed by atoms with E-state index in [-0.39, 0.29) is 0 Å². The zero-order chi connectivity index (χ0) is 7.82. The average molecular weight is 142 g/mol. The van der Waals surface area contributed by atoms with Crippen LogP contribution in [0.2, 0.25) is 0 Å². The summed E-state index contributed by atoms with van der Waals surface area (Å²) in [5, 5.41) is 0. The summed E-state index contributed by atoms with van der Waals surface area (Å²) in [5.74, 6) is 0. The van der Waals surface area contributed by atoms with Crippen LogP contribution in [-0.2, 0) is 9.53 Å². The van der Waals surface area contributed by atoms with Crippen LogP contribution in [0.25, 0.3) is 0 Å². The lowest BCUT2D eigenvalue weighted by molar-refractivity contribution is -0.108. The molecule has 0 aromatic carbocycles. The molecular weight excluding hydrogens is 128 g/mol. The summed E-state index contributed by atoms with van der Waals surface area (Å²) in [6, 6.07) is 0. The molecule has 0 spiro atoms. The first kappa shape index (κ1) is 9.37. The second-order valence-electron chi connectivity index (χ2n) is 2.27. The molecule has 0 bridgehead atoms. The molecule has 0 fully saturated rings. The molecule has 2 heteroatoms. The quantitative estimate of drug-likeness (QED) is 0.319. The minimum Gasteiger partial charge on any atom is -0.381 e. The zero-order valence-electron chi connectivity index (χ0n) is 6.43. The van der Waals surface area contributed by atoms with E-state index < -0.39 is 0 Å². The topological polar surface area (TPSA) is 26.3 Å². The smallest absolute Gasteiger partial charge is 0.122 e. The molecule has 0 rings (SSSR count). The fraction of sp³-hybridized carbons (Fsp3) is 0.625. The first-order chi connectivity index (χ1) is 4.77. The van der Waals surface area contributed by atoms with Crippen LogP contribution in [0.4, 0.5) is 0 Å². The molecule has 10 heavy (non-hydrogen) atoms. The average Bonchev–Trinajstić information content (AvgIpc) is 1.87. The lowest BCUT2D eigenvalue weighted by atomic mass is 10.3. The predicted molar refractivity (Wildman–Crippen MR) is 40.9 cm³/mol. The molecule has 0 amide bonds. The SMILES string of the molecule is C=C(C)CCOCCC=O. The predicted octanol–water partition coefficient (Wildman–Crippen LogP) is 1.56. The van der Waals surface area contributed by atoms with Crippen molar-refractivity contribution in [2.75, 3.05) is 13.2 Å². The van der Waals surface area contributed by atoms with Gasteiger partial charge in [0.25, 0.3) is 0 Å². The third-order valence-corrected chi connectivity index (χ3v) is 1.05. The first-order valence-electron chi connectivity index (χ1n) is 3.43. The highest BCUT2D eigenvalue weighted by Crippen LogP contribution is 1.94. The van der Waals surface area contributed by atoms with Gasteiger partial charge in [-0.15, -0.1) is 6.58 Å². The molecular formula is C8H14O2. The van der Waals surface area contributed by atoms with Crippen LogP contribution >= 0.6 is 0 Å². The van der Waals surface area contributed by atoms with E-state index in [9.17, 15) is 4.79 Å². The number of rotatable bonds is 6. The van der Waals surface area contributed by atoms with E-state index in [4.69, 9.17) is 4.74 Å². The Morgan fingerprint density at radius 3 is 2.80 bits per heavy atom. The number of aldehydes is 1. The van der Waals surface area contributed by atoms with Gasteiger partial charge >= 0.3 is 0 Å². The van der Waals surface area contributed by atoms with Gasteiger partial charge in [-0.25, -0.2) is 0 Å². The van der Waals surface area contributed by atoms with E-state index >= 15 is 0 Å². The maximum atomic E-state index is 9.80. The largest absolute Gasteiger partial charge is 0.381 e. The number of carbonyl (C=O) groups is 1. The molecule has 2 nitrogen and oxygen atoms in total. The lowest BCUT2D eigenvalue weighted by Crippen LogP contribution is -1.97. The van der Waals surface area contributed by atoms with Gasteiger partial charge in [0.15, 0.2) is 0 Å². The second kappa shape index (κ2) is 6.49. The van der Waals surface area contributed by atoms with E-state index in [0.717, 1.165) is 18.3 Å². The Hall–Kier alpha value is -0.630. The normalized spacial score (nSPS) is 9.30. The standard InChI is InChI=1S/C8H14O2/c1-8(2)4-7-10-6-3-5-9/h5H,1,3-4,6-7H2,2H3. The fourth-order valence-corrected chi connectivity index (χ4v) is 0.480. The van der Waals surface area contributed by atoms with E-state index in [1.807, 2.05) is 6.92 Å².